The highest BCUT2D eigenvalue weighted by molar-refractivity contribution is 5.94. The summed E-state index contributed by atoms with van der Waals surface area (Å²) in [5.74, 6) is -0.939. The van der Waals surface area contributed by atoms with E-state index in [1.807, 2.05) is 17.0 Å². The Morgan fingerprint density at radius 2 is 1.97 bits per heavy atom. The lowest BCUT2D eigenvalue weighted by Crippen LogP contribution is -2.41. The minimum absolute atomic E-state index is 0.0471. The van der Waals surface area contributed by atoms with Gasteiger partial charge < -0.3 is 19.5 Å². The average molecular weight is 424 g/mol. The molecule has 1 fully saturated rings. The van der Waals surface area contributed by atoms with Crippen LogP contribution in [0.15, 0.2) is 47.0 Å². The molecular formula is C22H21FN4O4. The summed E-state index contributed by atoms with van der Waals surface area (Å²) in [6.07, 6.45) is 1.64. The van der Waals surface area contributed by atoms with Crippen molar-refractivity contribution in [1.82, 2.24) is 20.4 Å². The van der Waals surface area contributed by atoms with Crippen LogP contribution in [0, 0.1) is 5.82 Å². The van der Waals surface area contributed by atoms with Gasteiger partial charge in [-0.25, -0.2) is 4.39 Å². The van der Waals surface area contributed by atoms with Crippen molar-refractivity contribution in [2.24, 2.45) is 0 Å². The molecule has 2 amide bonds. The Balaban J connectivity index is 1.31. The van der Waals surface area contributed by atoms with E-state index in [9.17, 15) is 14.0 Å². The van der Waals surface area contributed by atoms with Crippen LogP contribution in [0.4, 0.5) is 4.39 Å². The largest absolute Gasteiger partial charge is 0.494 e. The Hall–Kier alpha value is -3.75. The third-order valence-electron chi connectivity index (χ3n) is 5.07. The molecule has 3 aromatic rings. The van der Waals surface area contributed by atoms with Gasteiger partial charge in [-0.3, -0.25) is 9.59 Å². The number of hydrogen-bond acceptors (Lipinski definition) is 6. The van der Waals surface area contributed by atoms with E-state index in [1.54, 1.807) is 12.1 Å². The van der Waals surface area contributed by atoms with Crippen LogP contribution in [0.25, 0.3) is 11.4 Å². The fraction of sp³-hybridized carbons (Fsp3) is 0.273. The Morgan fingerprint density at radius 3 is 2.65 bits per heavy atom. The average Bonchev–Trinajstić information content (AvgIpc) is 3.23. The van der Waals surface area contributed by atoms with Gasteiger partial charge >= 0.3 is 11.8 Å². The Kier molecular flexibility index (Phi) is 5.92. The smallest absolute Gasteiger partial charge is 0.316 e. The summed E-state index contributed by atoms with van der Waals surface area (Å²) in [6.45, 7) is 2.00. The van der Waals surface area contributed by atoms with Gasteiger partial charge in [0, 0.05) is 30.8 Å². The zero-order chi connectivity index (χ0) is 21.8. The van der Waals surface area contributed by atoms with Crippen LogP contribution in [-0.2, 0) is 6.42 Å². The minimum atomic E-state index is -0.509. The number of methoxy groups -OCH3 is 1. The molecule has 1 saturated heterocycles. The number of carbonyl (C=O) groups is 2. The van der Waals surface area contributed by atoms with Crippen molar-refractivity contribution in [1.29, 1.82) is 0 Å². The summed E-state index contributed by atoms with van der Waals surface area (Å²) in [6, 6.07) is 11.5. The molecule has 0 spiro atoms. The van der Waals surface area contributed by atoms with E-state index in [4.69, 9.17) is 9.26 Å². The number of carbonyl (C=O) groups excluding carboxylic acids is 2. The van der Waals surface area contributed by atoms with Crippen molar-refractivity contribution in [2.75, 3.05) is 26.7 Å². The lowest BCUT2D eigenvalue weighted by atomic mass is 10.1. The van der Waals surface area contributed by atoms with E-state index >= 15 is 0 Å². The predicted octanol–water partition coefficient (Wildman–Crippen LogP) is 2.70. The van der Waals surface area contributed by atoms with E-state index in [1.165, 1.54) is 25.3 Å². The second-order valence-electron chi connectivity index (χ2n) is 7.12. The molecule has 0 atom stereocenters. The molecule has 0 unspecified atom stereocenters. The maximum Gasteiger partial charge on any atom is 0.316 e. The van der Waals surface area contributed by atoms with Gasteiger partial charge in [0.05, 0.1) is 7.11 Å². The van der Waals surface area contributed by atoms with Gasteiger partial charge in [0.15, 0.2) is 11.6 Å². The molecule has 4 rings (SSSR count). The van der Waals surface area contributed by atoms with Crippen LogP contribution in [0.5, 0.6) is 5.75 Å². The molecule has 0 saturated carbocycles. The molecule has 0 radical (unpaired) electrons. The lowest BCUT2D eigenvalue weighted by molar-refractivity contribution is 0.0651. The van der Waals surface area contributed by atoms with Crippen molar-refractivity contribution in [3.8, 4) is 17.1 Å². The SMILES string of the molecule is COc1cc(-c2noc(C(=O)NCCc3ccc(C(=O)N4CCC4)cc3)n2)ccc1F. The number of aromatic nitrogens is 2. The molecule has 0 aliphatic carbocycles. The first kappa shape index (κ1) is 20.5. The molecule has 2 aromatic carbocycles. The lowest BCUT2D eigenvalue weighted by Gasteiger charge is -2.30. The zero-order valence-electron chi connectivity index (χ0n) is 16.9. The van der Waals surface area contributed by atoms with Crippen molar-refractivity contribution in [2.45, 2.75) is 12.8 Å². The standard InChI is InChI=1S/C22H21FN4O4/c1-30-18-13-16(7-8-17(18)23)19-25-21(31-26-19)20(28)24-10-9-14-3-5-15(6-4-14)22(29)27-11-2-12-27/h3-8,13H,2,9-12H2,1H3,(H,24,28). The minimum Gasteiger partial charge on any atom is -0.494 e. The first-order valence-corrected chi connectivity index (χ1v) is 9.89. The number of ether oxygens (including phenoxy) is 1. The summed E-state index contributed by atoms with van der Waals surface area (Å²) in [7, 11) is 1.36. The third kappa shape index (κ3) is 4.55. The highest BCUT2D eigenvalue weighted by atomic mass is 19.1. The van der Waals surface area contributed by atoms with Crippen molar-refractivity contribution >= 4 is 11.8 Å². The van der Waals surface area contributed by atoms with Gasteiger partial charge in [-0.1, -0.05) is 17.3 Å². The van der Waals surface area contributed by atoms with Crippen LogP contribution in [0.1, 0.15) is 33.0 Å². The van der Waals surface area contributed by atoms with Gasteiger partial charge in [-0.05, 0) is 48.7 Å². The first-order chi connectivity index (χ1) is 15.0. The molecule has 1 aliphatic rings. The molecule has 160 valence electrons. The number of nitrogens with zero attached hydrogens (tertiary/aromatic N) is 3. The molecule has 2 heterocycles. The van der Waals surface area contributed by atoms with Crippen molar-refractivity contribution in [3.63, 3.8) is 0 Å². The quantitative estimate of drug-likeness (QED) is 0.626. The van der Waals surface area contributed by atoms with E-state index in [0.29, 0.717) is 24.1 Å². The molecule has 31 heavy (non-hydrogen) atoms. The first-order valence-electron chi connectivity index (χ1n) is 9.89. The van der Waals surface area contributed by atoms with Gasteiger partial charge in [0.1, 0.15) is 0 Å². The molecule has 9 heteroatoms. The number of halogens is 1. The fourth-order valence-electron chi connectivity index (χ4n) is 3.14. The fourth-order valence-corrected chi connectivity index (χ4v) is 3.14. The molecule has 1 aromatic heterocycles. The highest BCUT2D eigenvalue weighted by Gasteiger charge is 2.21. The van der Waals surface area contributed by atoms with Crippen LogP contribution in [-0.4, -0.2) is 53.6 Å². The number of amides is 2. The molecule has 0 bridgehead atoms. The van der Waals surface area contributed by atoms with E-state index in [-0.39, 0.29) is 23.4 Å². The predicted molar refractivity (Wildman–Crippen MR) is 109 cm³/mol. The van der Waals surface area contributed by atoms with Crippen LogP contribution >= 0.6 is 0 Å². The van der Waals surface area contributed by atoms with E-state index in [0.717, 1.165) is 25.1 Å². The zero-order valence-corrected chi connectivity index (χ0v) is 16.9. The topological polar surface area (TPSA) is 97.6 Å². The van der Waals surface area contributed by atoms with Gasteiger partial charge in [-0.15, -0.1) is 0 Å². The summed E-state index contributed by atoms with van der Waals surface area (Å²) in [4.78, 5) is 30.3. The van der Waals surface area contributed by atoms with Crippen molar-refractivity contribution < 1.29 is 23.2 Å². The number of rotatable bonds is 7. The highest BCUT2D eigenvalue weighted by Crippen LogP contribution is 2.24. The second kappa shape index (κ2) is 8.95. The molecule has 1 aliphatic heterocycles. The van der Waals surface area contributed by atoms with E-state index in [2.05, 4.69) is 15.5 Å². The second-order valence-corrected chi connectivity index (χ2v) is 7.12. The Morgan fingerprint density at radius 1 is 1.19 bits per heavy atom. The number of benzene rings is 2. The van der Waals surface area contributed by atoms with Gasteiger partial charge in [-0.2, -0.15) is 4.98 Å². The van der Waals surface area contributed by atoms with E-state index < -0.39 is 11.7 Å². The summed E-state index contributed by atoms with van der Waals surface area (Å²) >= 11 is 0. The number of nitrogens with one attached hydrogen (secondary N) is 1. The van der Waals surface area contributed by atoms with Gasteiger partial charge in [0.2, 0.25) is 5.82 Å². The number of likely N-dealkylation sites (tertiary alicyclic amines) is 1. The van der Waals surface area contributed by atoms with Crippen LogP contribution < -0.4 is 10.1 Å². The molecule has 1 N–H and O–H groups in total. The summed E-state index contributed by atoms with van der Waals surface area (Å²) in [5, 5.41) is 6.49. The van der Waals surface area contributed by atoms with Crippen LogP contribution in [0.3, 0.4) is 0 Å². The summed E-state index contributed by atoms with van der Waals surface area (Å²) in [5.41, 5.74) is 2.13. The Bertz CT molecular complexity index is 1090. The van der Waals surface area contributed by atoms with Crippen molar-refractivity contribution in [3.05, 3.63) is 65.3 Å². The van der Waals surface area contributed by atoms with Gasteiger partial charge in [0.25, 0.3) is 5.91 Å². The Labute approximate surface area is 178 Å². The van der Waals surface area contributed by atoms with Crippen LogP contribution in [0.2, 0.25) is 0 Å². The maximum atomic E-state index is 13.5. The number of hydrogen-bond donors (Lipinski definition) is 1. The normalized spacial score (nSPS) is 12.9. The summed E-state index contributed by atoms with van der Waals surface area (Å²) < 4.78 is 23.5. The molecular weight excluding hydrogens is 403 g/mol. The third-order valence-corrected chi connectivity index (χ3v) is 5.07. The monoisotopic (exact) mass is 424 g/mol. The molecule has 8 nitrogen and oxygen atoms in total. The maximum absolute atomic E-state index is 13.5.